The zero-order valence-corrected chi connectivity index (χ0v) is 20.5. The maximum absolute atomic E-state index is 13.0. The largest absolute Gasteiger partial charge is 0.473 e. The molecule has 0 aromatic carbocycles. The fourth-order valence-corrected chi connectivity index (χ4v) is 6.78. The third kappa shape index (κ3) is 4.21. The van der Waals surface area contributed by atoms with Gasteiger partial charge in [0.05, 0.1) is 12.4 Å². The van der Waals surface area contributed by atoms with E-state index in [-0.39, 0.29) is 28.8 Å². The number of halogens is 3. The molecular formula is C25H30F3N7O2. The number of alkyl halides is 3. The lowest BCUT2D eigenvalue weighted by atomic mass is 9.57. The number of ether oxygens (including phenoxy) is 1. The highest BCUT2D eigenvalue weighted by molar-refractivity contribution is 5.76. The maximum atomic E-state index is 13.0. The van der Waals surface area contributed by atoms with E-state index in [1.54, 1.807) is 0 Å². The second kappa shape index (κ2) is 8.04. The Morgan fingerprint density at radius 3 is 2.08 bits per heavy atom. The Kier molecular flexibility index (Phi) is 5.04. The van der Waals surface area contributed by atoms with E-state index in [2.05, 4.69) is 25.1 Å². The van der Waals surface area contributed by atoms with Crippen molar-refractivity contribution >= 4 is 6.03 Å². The first-order valence-corrected chi connectivity index (χ1v) is 13.2. The minimum Gasteiger partial charge on any atom is -0.473 e. The number of amides is 2. The van der Waals surface area contributed by atoms with Gasteiger partial charge in [-0.25, -0.2) is 14.8 Å². The molecule has 9 nitrogen and oxygen atoms in total. The van der Waals surface area contributed by atoms with Gasteiger partial charge in [0.25, 0.3) is 0 Å². The molecule has 2 aromatic heterocycles. The Hall–Kier alpha value is -2.92. The number of aromatic nitrogens is 5. The molecule has 2 aliphatic heterocycles. The Morgan fingerprint density at radius 2 is 1.51 bits per heavy atom. The van der Waals surface area contributed by atoms with Crippen LogP contribution in [0.25, 0.3) is 0 Å². The van der Waals surface area contributed by atoms with E-state index in [1.165, 1.54) is 12.8 Å². The Balaban J connectivity index is 0.838. The van der Waals surface area contributed by atoms with Gasteiger partial charge in [0.15, 0.2) is 5.69 Å². The SMILES string of the molecule is O=C(N1CC2(CCC(Oc3cnc(C(F)(F)F)cn3)CC2)C1)N1CC2(CC(c3nnc(C4CC4)[nH]3)C2)C1. The lowest BCUT2D eigenvalue weighted by Crippen LogP contribution is -2.69. The molecule has 2 spiro atoms. The van der Waals surface area contributed by atoms with Gasteiger partial charge in [-0.1, -0.05) is 0 Å². The van der Waals surface area contributed by atoms with Crippen molar-refractivity contribution in [2.24, 2.45) is 10.8 Å². The molecule has 3 aliphatic carbocycles. The van der Waals surface area contributed by atoms with Crippen LogP contribution in [0.15, 0.2) is 12.4 Å². The summed E-state index contributed by atoms with van der Waals surface area (Å²) in [5.74, 6) is 3.21. The molecule has 2 aromatic rings. The van der Waals surface area contributed by atoms with Crippen LogP contribution in [0.1, 0.15) is 80.5 Å². The molecule has 0 unspecified atom stereocenters. The summed E-state index contributed by atoms with van der Waals surface area (Å²) in [4.78, 5) is 27.5. The number of nitrogens with one attached hydrogen (secondary N) is 1. The molecule has 37 heavy (non-hydrogen) atoms. The van der Waals surface area contributed by atoms with Gasteiger partial charge in [-0.2, -0.15) is 13.2 Å². The van der Waals surface area contributed by atoms with Gasteiger partial charge >= 0.3 is 12.2 Å². The number of nitrogens with zero attached hydrogens (tertiary/aromatic N) is 6. The molecule has 5 fully saturated rings. The summed E-state index contributed by atoms with van der Waals surface area (Å²) in [6.45, 7) is 3.21. The van der Waals surface area contributed by atoms with E-state index in [9.17, 15) is 18.0 Å². The number of hydrogen-bond donors (Lipinski definition) is 1. The van der Waals surface area contributed by atoms with Crippen LogP contribution in [0.3, 0.4) is 0 Å². The van der Waals surface area contributed by atoms with Crippen LogP contribution in [0.2, 0.25) is 0 Å². The van der Waals surface area contributed by atoms with Gasteiger partial charge in [-0.05, 0) is 51.4 Å². The molecule has 0 radical (unpaired) electrons. The number of hydrogen-bond acceptors (Lipinski definition) is 6. The average molecular weight is 518 g/mol. The zero-order chi connectivity index (χ0) is 25.4. The number of carbonyl (C=O) groups is 1. The van der Waals surface area contributed by atoms with Crippen LogP contribution in [-0.4, -0.2) is 73.3 Å². The summed E-state index contributed by atoms with van der Waals surface area (Å²) >= 11 is 0. The molecule has 5 aliphatic rings. The van der Waals surface area contributed by atoms with Gasteiger partial charge in [0.2, 0.25) is 5.88 Å². The quantitative estimate of drug-likeness (QED) is 0.655. The van der Waals surface area contributed by atoms with Crippen LogP contribution in [-0.2, 0) is 6.18 Å². The summed E-state index contributed by atoms with van der Waals surface area (Å²) < 4.78 is 43.8. The summed E-state index contributed by atoms with van der Waals surface area (Å²) in [7, 11) is 0. The molecule has 12 heteroatoms. The van der Waals surface area contributed by atoms with Crippen molar-refractivity contribution in [3.05, 3.63) is 29.7 Å². The smallest absolute Gasteiger partial charge is 0.434 e. The second-order valence-electron chi connectivity index (χ2n) is 12.0. The molecule has 0 bridgehead atoms. The second-order valence-corrected chi connectivity index (χ2v) is 12.0. The Bertz CT molecular complexity index is 1170. The summed E-state index contributed by atoms with van der Waals surface area (Å²) in [6, 6.07) is 0.147. The third-order valence-electron chi connectivity index (χ3n) is 9.08. The van der Waals surface area contributed by atoms with E-state index in [4.69, 9.17) is 4.74 Å². The Labute approximate surface area is 212 Å². The van der Waals surface area contributed by atoms with Gasteiger partial charge in [-0.3, -0.25) is 0 Å². The number of carbonyl (C=O) groups excluding carboxylic acids is 1. The molecule has 0 atom stereocenters. The zero-order valence-electron chi connectivity index (χ0n) is 20.5. The van der Waals surface area contributed by atoms with E-state index >= 15 is 0 Å². The van der Waals surface area contributed by atoms with Gasteiger partial charge < -0.3 is 19.5 Å². The van der Waals surface area contributed by atoms with E-state index in [1.807, 2.05) is 9.80 Å². The van der Waals surface area contributed by atoms with Gasteiger partial charge in [0, 0.05) is 48.8 Å². The van der Waals surface area contributed by atoms with Crippen LogP contribution in [0.5, 0.6) is 5.88 Å². The van der Waals surface area contributed by atoms with Crippen molar-refractivity contribution < 1.29 is 22.7 Å². The lowest BCUT2D eigenvalue weighted by molar-refractivity contribution is -0.141. The van der Waals surface area contributed by atoms with Crippen molar-refractivity contribution in [3.63, 3.8) is 0 Å². The first kappa shape index (κ1) is 23.2. The van der Waals surface area contributed by atoms with Gasteiger partial charge in [-0.15, -0.1) is 10.2 Å². The summed E-state index contributed by atoms with van der Waals surface area (Å²) in [6.07, 6.45) is 5.17. The number of likely N-dealkylation sites (tertiary alicyclic amines) is 2. The molecule has 7 rings (SSSR count). The van der Waals surface area contributed by atoms with E-state index < -0.39 is 11.9 Å². The van der Waals surface area contributed by atoms with Crippen molar-refractivity contribution in [3.8, 4) is 5.88 Å². The van der Waals surface area contributed by atoms with Crippen molar-refractivity contribution in [2.75, 3.05) is 26.2 Å². The predicted molar refractivity (Wildman–Crippen MR) is 124 cm³/mol. The number of rotatable bonds is 4. The van der Waals surface area contributed by atoms with Gasteiger partial charge in [0.1, 0.15) is 17.8 Å². The van der Waals surface area contributed by atoms with Crippen LogP contribution < -0.4 is 4.74 Å². The van der Waals surface area contributed by atoms with Crippen LogP contribution >= 0.6 is 0 Å². The van der Waals surface area contributed by atoms with Crippen molar-refractivity contribution in [1.29, 1.82) is 0 Å². The first-order valence-electron chi connectivity index (χ1n) is 13.2. The molecule has 198 valence electrons. The summed E-state index contributed by atoms with van der Waals surface area (Å²) in [5.41, 5.74) is -0.632. The lowest BCUT2D eigenvalue weighted by Gasteiger charge is -2.61. The normalized spacial score (nSPS) is 25.1. The fourth-order valence-electron chi connectivity index (χ4n) is 6.78. The molecule has 2 amide bonds. The maximum Gasteiger partial charge on any atom is 0.434 e. The monoisotopic (exact) mass is 517 g/mol. The van der Waals surface area contributed by atoms with Crippen molar-refractivity contribution in [1.82, 2.24) is 34.9 Å². The fraction of sp³-hybridized carbons (Fsp3) is 0.720. The molecule has 3 saturated carbocycles. The highest BCUT2D eigenvalue weighted by atomic mass is 19.4. The minimum absolute atomic E-state index is 0.0899. The molecule has 4 heterocycles. The summed E-state index contributed by atoms with van der Waals surface area (Å²) in [5, 5.41) is 8.67. The number of H-pyrrole nitrogens is 1. The van der Waals surface area contributed by atoms with E-state index in [0.29, 0.717) is 18.0 Å². The topological polar surface area (TPSA) is 100 Å². The minimum atomic E-state index is -4.51. The van der Waals surface area contributed by atoms with Crippen LogP contribution in [0, 0.1) is 10.8 Å². The standard InChI is InChI=1S/C25H30F3N7O2/c26-25(27,28)18-9-30-19(10-29-18)37-17-3-5-23(6-4-17)11-34(12-23)22(36)35-13-24(14-35)7-16(8-24)21-31-20(32-33-21)15-1-2-15/h9-10,15-17H,1-8,11-14H2,(H,31,32,33). The van der Waals surface area contributed by atoms with Crippen LogP contribution in [0.4, 0.5) is 18.0 Å². The highest BCUT2D eigenvalue weighted by Gasteiger charge is 2.57. The van der Waals surface area contributed by atoms with E-state index in [0.717, 1.165) is 82.5 Å². The number of urea groups is 1. The molecule has 2 saturated heterocycles. The predicted octanol–water partition coefficient (Wildman–Crippen LogP) is 4.11. The molecule has 1 N–H and O–H groups in total. The highest BCUT2D eigenvalue weighted by Crippen LogP contribution is 2.56. The number of aromatic amines is 1. The van der Waals surface area contributed by atoms with Crippen molar-refractivity contribution in [2.45, 2.75) is 75.5 Å². The Morgan fingerprint density at radius 1 is 0.892 bits per heavy atom. The molecular weight excluding hydrogens is 487 g/mol. The first-order chi connectivity index (χ1) is 17.7. The average Bonchev–Trinajstić information content (AvgIpc) is 3.53. The third-order valence-corrected chi connectivity index (χ3v) is 9.08.